The van der Waals surface area contributed by atoms with E-state index < -0.39 is 12.1 Å². The van der Waals surface area contributed by atoms with Crippen molar-refractivity contribution in [2.24, 2.45) is 0 Å². The van der Waals surface area contributed by atoms with Crippen LogP contribution in [0, 0.1) is 11.6 Å². The standard InChI is InChI=1S/C28H27F2N3.C2HF3O2/c29-23-10-6-21(7-11-23)26-19-33(16-14-20-4-2-1-3-5-20)17-15-25(26)28-18-27(31-32-28)22-8-12-24(30)13-9-22;3-2(4,5)1(6)7/h1-13,18,25-26H,14-17,19H2,(H,31,32);(H,6,7). The maximum atomic E-state index is 13.6. The molecule has 1 saturated heterocycles. The van der Waals surface area contributed by atoms with Gasteiger partial charge in [0.15, 0.2) is 0 Å². The average Bonchev–Trinajstić information content (AvgIpc) is 3.43. The SMILES string of the molecule is Fc1ccc(-c2cc(C3CCN(CCc4ccccc4)CC3c3ccc(F)cc3)[nH]n2)cc1.O=C(O)C(F)(F)F. The summed E-state index contributed by atoms with van der Waals surface area (Å²) in [6, 6.07) is 26.0. The molecule has 0 spiro atoms. The minimum absolute atomic E-state index is 0.216. The van der Waals surface area contributed by atoms with E-state index in [0.29, 0.717) is 0 Å². The molecule has 2 atom stereocenters. The summed E-state index contributed by atoms with van der Waals surface area (Å²) in [4.78, 5) is 11.4. The van der Waals surface area contributed by atoms with Gasteiger partial charge in [0.2, 0.25) is 0 Å². The molecule has 40 heavy (non-hydrogen) atoms. The van der Waals surface area contributed by atoms with Crippen LogP contribution in [-0.4, -0.2) is 52.0 Å². The number of aromatic nitrogens is 2. The lowest BCUT2D eigenvalue weighted by Crippen LogP contribution is -2.39. The maximum Gasteiger partial charge on any atom is 0.490 e. The lowest BCUT2D eigenvalue weighted by molar-refractivity contribution is -0.192. The molecule has 3 aromatic carbocycles. The summed E-state index contributed by atoms with van der Waals surface area (Å²) in [6.45, 7) is 2.91. The number of hydrogen-bond donors (Lipinski definition) is 2. The van der Waals surface area contributed by atoms with Crippen molar-refractivity contribution in [2.75, 3.05) is 19.6 Å². The van der Waals surface area contributed by atoms with Crippen LogP contribution in [-0.2, 0) is 11.2 Å². The number of carbonyl (C=O) groups is 1. The fraction of sp³-hybridized carbons (Fsp3) is 0.267. The first-order chi connectivity index (χ1) is 19.1. The second-order valence-corrected chi connectivity index (χ2v) is 9.61. The number of halogens is 5. The normalized spacial score (nSPS) is 17.6. The molecule has 0 saturated carbocycles. The van der Waals surface area contributed by atoms with Gasteiger partial charge < -0.3 is 10.0 Å². The number of aromatic amines is 1. The Labute approximate surface area is 228 Å². The monoisotopic (exact) mass is 557 g/mol. The molecule has 210 valence electrons. The smallest absolute Gasteiger partial charge is 0.475 e. The molecule has 0 amide bonds. The summed E-state index contributed by atoms with van der Waals surface area (Å²) in [6.07, 6.45) is -3.08. The Morgan fingerprint density at radius 1 is 0.925 bits per heavy atom. The highest BCUT2D eigenvalue weighted by molar-refractivity contribution is 5.73. The van der Waals surface area contributed by atoms with Gasteiger partial charge in [0.1, 0.15) is 11.6 Å². The summed E-state index contributed by atoms with van der Waals surface area (Å²) in [5, 5.41) is 14.9. The molecule has 1 aromatic heterocycles. The number of nitrogens with zero attached hydrogens (tertiary/aromatic N) is 2. The molecule has 0 radical (unpaired) electrons. The maximum absolute atomic E-state index is 13.6. The van der Waals surface area contributed by atoms with Gasteiger partial charge in [-0.15, -0.1) is 0 Å². The first kappa shape index (κ1) is 28.9. The van der Waals surface area contributed by atoms with E-state index in [0.717, 1.165) is 55.0 Å². The molecular formula is C30H28F5N3O2. The van der Waals surface area contributed by atoms with E-state index in [4.69, 9.17) is 9.90 Å². The van der Waals surface area contributed by atoms with Crippen LogP contribution in [0.4, 0.5) is 22.0 Å². The quantitative estimate of drug-likeness (QED) is 0.256. The van der Waals surface area contributed by atoms with Crippen molar-refractivity contribution in [3.8, 4) is 11.3 Å². The molecule has 10 heteroatoms. The van der Waals surface area contributed by atoms with E-state index in [1.807, 2.05) is 18.2 Å². The Hall–Kier alpha value is -4.05. The first-order valence-corrected chi connectivity index (χ1v) is 12.7. The summed E-state index contributed by atoms with van der Waals surface area (Å²) >= 11 is 0. The van der Waals surface area contributed by atoms with Gasteiger partial charge in [-0.1, -0.05) is 42.5 Å². The lowest BCUT2D eigenvalue weighted by atomic mass is 9.78. The van der Waals surface area contributed by atoms with Crippen molar-refractivity contribution in [3.05, 3.63) is 113 Å². The summed E-state index contributed by atoms with van der Waals surface area (Å²) < 4.78 is 58.7. The number of likely N-dealkylation sites (tertiary alicyclic amines) is 1. The number of nitrogens with one attached hydrogen (secondary N) is 1. The molecule has 5 nitrogen and oxygen atoms in total. The van der Waals surface area contributed by atoms with Crippen LogP contribution in [0.1, 0.15) is 35.1 Å². The second kappa shape index (κ2) is 12.9. The van der Waals surface area contributed by atoms with Crippen molar-refractivity contribution in [2.45, 2.75) is 30.9 Å². The lowest BCUT2D eigenvalue weighted by Gasteiger charge is -2.38. The Balaban J connectivity index is 0.000000470. The molecule has 1 aliphatic rings. The van der Waals surface area contributed by atoms with Crippen LogP contribution < -0.4 is 0 Å². The van der Waals surface area contributed by atoms with Crippen molar-refractivity contribution in [1.82, 2.24) is 15.1 Å². The molecule has 2 unspecified atom stereocenters. The number of piperidine rings is 1. The Morgan fingerprint density at radius 3 is 2.12 bits per heavy atom. The molecule has 4 aromatic rings. The highest BCUT2D eigenvalue weighted by Crippen LogP contribution is 2.40. The van der Waals surface area contributed by atoms with E-state index in [1.165, 1.54) is 17.7 Å². The fourth-order valence-electron chi connectivity index (χ4n) is 4.87. The number of rotatable bonds is 6. The van der Waals surface area contributed by atoms with Crippen LogP contribution in [0.5, 0.6) is 0 Å². The third-order valence-corrected chi connectivity index (χ3v) is 6.93. The molecule has 0 aliphatic carbocycles. The van der Waals surface area contributed by atoms with Crippen LogP contribution >= 0.6 is 0 Å². The minimum atomic E-state index is -5.08. The number of carboxylic acids is 1. The van der Waals surface area contributed by atoms with Crippen LogP contribution in [0.2, 0.25) is 0 Å². The highest BCUT2D eigenvalue weighted by atomic mass is 19.4. The van der Waals surface area contributed by atoms with Gasteiger partial charge in [-0.25, -0.2) is 13.6 Å². The zero-order valence-corrected chi connectivity index (χ0v) is 21.4. The average molecular weight is 558 g/mol. The first-order valence-electron chi connectivity index (χ1n) is 12.7. The third-order valence-electron chi connectivity index (χ3n) is 6.93. The molecule has 1 aliphatic heterocycles. The predicted octanol–water partition coefficient (Wildman–Crippen LogP) is 6.80. The van der Waals surface area contributed by atoms with Gasteiger partial charge in [0.05, 0.1) is 5.69 Å². The number of H-pyrrole nitrogens is 1. The van der Waals surface area contributed by atoms with E-state index >= 15 is 0 Å². The van der Waals surface area contributed by atoms with Gasteiger partial charge >= 0.3 is 12.1 Å². The number of alkyl halides is 3. The summed E-state index contributed by atoms with van der Waals surface area (Å²) in [5.74, 6) is -2.74. The van der Waals surface area contributed by atoms with Crippen molar-refractivity contribution in [3.63, 3.8) is 0 Å². The largest absolute Gasteiger partial charge is 0.490 e. The summed E-state index contributed by atoms with van der Waals surface area (Å²) in [5.41, 5.74) is 5.26. The molecule has 2 heterocycles. The van der Waals surface area contributed by atoms with Crippen LogP contribution in [0.15, 0.2) is 84.9 Å². The van der Waals surface area contributed by atoms with E-state index in [-0.39, 0.29) is 23.5 Å². The fourth-order valence-corrected chi connectivity index (χ4v) is 4.87. The Bertz CT molecular complexity index is 1370. The van der Waals surface area contributed by atoms with E-state index in [9.17, 15) is 22.0 Å². The number of aliphatic carboxylic acids is 1. The highest BCUT2D eigenvalue weighted by Gasteiger charge is 2.38. The molecule has 2 N–H and O–H groups in total. The van der Waals surface area contributed by atoms with Gasteiger partial charge in [0, 0.05) is 36.2 Å². The van der Waals surface area contributed by atoms with Crippen molar-refractivity contribution >= 4 is 5.97 Å². The Morgan fingerprint density at radius 2 is 1.52 bits per heavy atom. The molecule has 1 fully saturated rings. The zero-order chi connectivity index (χ0) is 28.7. The number of benzene rings is 3. The second-order valence-electron chi connectivity index (χ2n) is 9.61. The zero-order valence-electron chi connectivity index (χ0n) is 21.4. The number of hydrogen-bond acceptors (Lipinski definition) is 3. The molecule has 0 bridgehead atoms. The Kier molecular flexibility index (Phi) is 9.31. The molecule has 5 rings (SSSR count). The van der Waals surface area contributed by atoms with Gasteiger partial charge in [-0.2, -0.15) is 18.3 Å². The van der Waals surface area contributed by atoms with Crippen LogP contribution in [0.3, 0.4) is 0 Å². The van der Waals surface area contributed by atoms with Gasteiger partial charge in [-0.3, -0.25) is 5.10 Å². The van der Waals surface area contributed by atoms with Gasteiger partial charge in [-0.05, 0) is 73.0 Å². The van der Waals surface area contributed by atoms with Crippen molar-refractivity contribution < 1.29 is 31.9 Å². The van der Waals surface area contributed by atoms with Gasteiger partial charge in [0.25, 0.3) is 0 Å². The number of carboxylic acid groups (broad SMARTS) is 1. The van der Waals surface area contributed by atoms with Crippen LogP contribution in [0.25, 0.3) is 11.3 Å². The minimum Gasteiger partial charge on any atom is -0.475 e. The van der Waals surface area contributed by atoms with E-state index in [2.05, 4.69) is 45.4 Å². The summed E-state index contributed by atoms with van der Waals surface area (Å²) in [7, 11) is 0. The third kappa shape index (κ3) is 7.75. The predicted molar refractivity (Wildman–Crippen MR) is 141 cm³/mol. The topological polar surface area (TPSA) is 69.2 Å². The van der Waals surface area contributed by atoms with Crippen molar-refractivity contribution in [1.29, 1.82) is 0 Å². The van der Waals surface area contributed by atoms with E-state index in [1.54, 1.807) is 24.3 Å². The molecular weight excluding hydrogens is 529 g/mol.